The van der Waals surface area contributed by atoms with Gasteiger partial charge in [0, 0.05) is 42.6 Å². The maximum absolute atomic E-state index is 12.6. The van der Waals surface area contributed by atoms with Crippen molar-refractivity contribution in [2.75, 3.05) is 43.0 Å². The SMILES string of the molecule is Cc1cc(OCC(=O)Nc2cc(Cl)ccc2N2CCN(C(=O)CC(C)C)CC2)cc(C)c1Cl. The lowest BCUT2D eigenvalue weighted by Crippen LogP contribution is -2.49. The third kappa shape index (κ3) is 6.78. The topological polar surface area (TPSA) is 61.9 Å². The average Bonchev–Trinajstić information content (AvgIpc) is 2.76. The van der Waals surface area contributed by atoms with Gasteiger partial charge in [-0.2, -0.15) is 0 Å². The lowest BCUT2D eigenvalue weighted by Gasteiger charge is -2.37. The normalized spacial score (nSPS) is 13.9. The molecule has 0 spiro atoms. The molecule has 1 aliphatic rings. The molecule has 1 fully saturated rings. The van der Waals surface area contributed by atoms with E-state index in [9.17, 15) is 9.59 Å². The molecule has 0 unspecified atom stereocenters. The first-order valence-corrected chi connectivity index (χ1v) is 11.9. The number of halogens is 2. The van der Waals surface area contributed by atoms with Crippen LogP contribution in [-0.4, -0.2) is 49.5 Å². The minimum absolute atomic E-state index is 0.135. The Kier molecular flexibility index (Phi) is 8.49. The Balaban J connectivity index is 1.63. The molecule has 0 bridgehead atoms. The van der Waals surface area contributed by atoms with Gasteiger partial charge in [-0.3, -0.25) is 9.59 Å². The molecule has 1 saturated heterocycles. The number of carbonyl (C=O) groups excluding carboxylic acids is 2. The minimum atomic E-state index is -0.283. The Labute approximate surface area is 205 Å². The highest BCUT2D eigenvalue weighted by atomic mass is 35.5. The van der Waals surface area contributed by atoms with Crippen LogP contribution in [0, 0.1) is 19.8 Å². The summed E-state index contributed by atoms with van der Waals surface area (Å²) >= 11 is 12.4. The second kappa shape index (κ2) is 11.1. The van der Waals surface area contributed by atoms with Crippen LogP contribution in [0.2, 0.25) is 10.0 Å². The van der Waals surface area contributed by atoms with Gasteiger partial charge in [0.15, 0.2) is 6.61 Å². The highest BCUT2D eigenvalue weighted by Crippen LogP contribution is 2.30. The maximum Gasteiger partial charge on any atom is 0.262 e. The molecule has 0 atom stereocenters. The van der Waals surface area contributed by atoms with Gasteiger partial charge in [-0.1, -0.05) is 37.0 Å². The zero-order valence-corrected chi connectivity index (χ0v) is 21.1. The lowest BCUT2D eigenvalue weighted by atomic mass is 10.1. The molecular weight excluding hydrogens is 461 g/mol. The van der Waals surface area contributed by atoms with E-state index in [1.165, 1.54) is 0 Å². The van der Waals surface area contributed by atoms with Crippen LogP contribution < -0.4 is 15.0 Å². The molecule has 2 amide bonds. The van der Waals surface area contributed by atoms with E-state index in [4.69, 9.17) is 27.9 Å². The molecule has 1 heterocycles. The van der Waals surface area contributed by atoms with Gasteiger partial charge in [-0.25, -0.2) is 0 Å². The van der Waals surface area contributed by atoms with Crippen molar-refractivity contribution in [3.05, 3.63) is 51.5 Å². The van der Waals surface area contributed by atoms with Crippen LogP contribution in [0.25, 0.3) is 0 Å². The number of nitrogens with one attached hydrogen (secondary N) is 1. The first-order chi connectivity index (χ1) is 15.6. The number of piperazine rings is 1. The summed E-state index contributed by atoms with van der Waals surface area (Å²) in [5.41, 5.74) is 3.30. The van der Waals surface area contributed by atoms with Crippen molar-refractivity contribution < 1.29 is 14.3 Å². The van der Waals surface area contributed by atoms with E-state index < -0.39 is 0 Å². The summed E-state index contributed by atoms with van der Waals surface area (Å²) in [5, 5.41) is 4.15. The number of rotatable bonds is 7. The Bertz CT molecular complexity index is 995. The summed E-state index contributed by atoms with van der Waals surface area (Å²) in [6, 6.07) is 9.07. The molecule has 0 aromatic heterocycles. The summed E-state index contributed by atoms with van der Waals surface area (Å²) < 4.78 is 5.68. The first-order valence-electron chi connectivity index (χ1n) is 11.2. The number of amides is 2. The molecule has 3 rings (SSSR count). The Hall–Kier alpha value is -2.44. The largest absolute Gasteiger partial charge is 0.484 e. The van der Waals surface area contributed by atoms with E-state index in [0.717, 1.165) is 16.8 Å². The van der Waals surface area contributed by atoms with Gasteiger partial charge in [0.2, 0.25) is 5.91 Å². The average molecular weight is 492 g/mol. The van der Waals surface area contributed by atoms with E-state index in [-0.39, 0.29) is 18.4 Å². The van der Waals surface area contributed by atoms with E-state index in [2.05, 4.69) is 24.1 Å². The molecule has 1 aliphatic heterocycles. The van der Waals surface area contributed by atoms with Crippen LogP contribution in [-0.2, 0) is 9.59 Å². The van der Waals surface area contributed by atoms with Crippen molar-refractivity contribution in [3.8, 4) is 5.75 Å². The van der Waals surface area contributed by atoms with E-state index in [1.807, 2.05) is 36.9 Å². The third-order valence-electron chi connectivity index (χ3n) is 5.57. The fourth-order valence-electron chi connectivity index (χ4n) is 3.88. The lowest BCUT2D eigenvalue weighted by molar-refractivity contribution is -0.132. The van der Waals surface area contributed by atoms with Crippen molar-refractivity contribution in [2.45, 2.75) is 34.1 Å². The number of aryl methyl sites for hydroxylation is 2. The molecule has 33 heavy (non-hydrogen) atoms. The molecule has 0 radical (unpaired) electrons. The molecule has 178 valence electrons. The summed E-state index contributed by atoms with van der Waals surface area (Å²) in [4.78, 5) is 29.1. The van der Waals surface area contributed by atoms with Crippen LogP contribution in [0.15, 0.2) is 30.3 Å². The zero-order chi connectivity index (χ0) is 24.1. The number of ether oxygens (including phenoxy) is 1. The number of nitrogens with zero attached hydrogens (tertiary/aromatic N) is 2. The molecule has 2 aromatic rings. The van der Waals surface area contributed by atoms with Gasteiger partial charge < -0.3 is 19.9 Å². The number of carbonyl (C=O) groups is 2. The second-order valence-electron chi connectivity index (χ2n) is 8.84. The molecule has 2 aromatic carbocycles. The molecule has 0 saturated carbocycles. The molecule has 0 aliphatic carbocycles. The molecule has 6 nitrogen and oxygen atoms in total. The summed E-state index contributed by atoms with van der Waals surface area (Å²) in [7, 11) is 0. The fraction of sp³-hybridized carbons (Fsp3) is 0.440. The van der Waals surface area contributed by atoms with Gasteiger partial charge in [0.25, 0.3) is 5.91 Å². The van der Waals surface area contributed by atoms with Gasteiger partial charge in [0.05, 0.1) is 11.4 Å². The van der Waals surface area contributed by atoms with Crippen molar-refractivity contribution in [3.63, 3.8) is 0 Å². The summed E-state index contributed by atoms with van der Waals surface area (Å²) in [6.07, 6.45) is 0.564. The first kappa shape index (κ1) is 25.2. The van der Waals surface area contributed by atoms with Crippen LogP contribution in [0.1, 0.15) is 31.4 Å². The standard InChI is InChI=1S/C25H31Cl2N3O3/c1-16(2)11-24(32)30-9-7-29(8-10-30)22-6-5-19(26)14-21(22)28-23(31)15-33-20-12-17(3)25(27)18(4)13-20/h5-6,12-14,16H,7-11,15H2,1-4H3,(H,28,31). The second-order valence-corrected chi connectivity index (χ2v) is 9.65. The Morgan fingerprint density at radius 1 is 1.03 bits per heavy atom. The summed E-state index contributed by atoms with van der Waals surface area (Å²) in [6.45, 7) is 10.4. The molecule has 8 heteroatoms. The van der Waals surface area contributed by atoms with Gasteiger partial charge in [-0.15, -0.1) is 0 Å². The van der Waals surface area contributed by atoms with Crippen molar-refractivity contribution in [1.29, 1.82) is 0 Å². The predicted molar refractivity (Wildman–Crippen MR) is 135 cm³/mol. The number of hydrogen-bond donors (Lipinski definition) is 1. The fourth-order valence-corrected chi connectivity index (χ4v) is 4.17. The minimum Gasteiger partial charge on any atom is -0.484 e. The van der Waals surface area contributed by atoms with Crippen LogP contribution in [0.4, 0.5) is 11.4 Å². The van der Waals surface area contributed by atoms with E-state index in [1.54, 1.807) is 12.1 Å². The van der Waals surface area contributed by atoms with Crippen molar-refractivity contribution in [2.24, 2.45) is 5.92 Å². The third-order valence-corrected chi connectivity index (χ3v) is 6.40. The zero-order valence-electron chi connectivity index (χ0n) is 19.6. The quantitative estimate of drug-likeness (QED) is 0.568. The highest BCUT2D eigenvalue weighted by molar-refractivity contribution is 6.32. The predicted octanol–water partition coefficient (Wildman–Crippen LogP) is 5.32. The molecular formula is C25H31Cl2N3O3. The molecule has 1 N–H and O–H groups in total. The monoisotopic (exact) mass is 491 g/mol. The summed E-state index contributed by atoms with van der Waals surface area (Å²) in [5.74, 6) is 0.850. The van der Waals surface area contributed by atoms with E-state index >= 15 is 0 Å². The highest BCUT2D eigenvalue weighted by Gasteiger charge is 2.23. The van der Waals surface area contributed by atoms with Crippen LogP contribution in [0.3, 0.4) is 0 Å². The Morgan fingerprint density at radius 3 is 2.27 bits per heavy atom. The van der Waals surface area contributed by atoms with Crippen LogP contribution in [0.5, 0.6) is 5.75 Å². The van der Waals surface area contributed by atoms with Crippen molar-refractivity contribution >= 4 is 46.4 Å². The van der Waals surface area contributed by atoms with Gasteiger partial charge in [-0.05, 0) is 61.2 Å². The van der Waals surface area contributed by atoms with Gasteiger partial charge in [0.1, 0.15) is 5.75 Å². The van der Waals surface area contributed by atoms with Crippen LogP contribution >= 0.6 is 23.2 Å². The maximum atomic E-state index is 12.6. The number of benzene rings is 2. The number of hydrogen-bond acceptors (Lipinski definition) is 4. The smallest absolute Gasteiger partial charge is 0.262 e. The number of anilines is 2. The van der Waals surface area contributed by atoms with E-state index in [0.29, 0.717) is 60.0 Å². The Morgan fingerprint density at radius 2 is 1.67 bits per heavy atom. The van der Waals surface area contributed by atoms with Gasteiger partial charge >= 0.3 is 0 Å². The van der Waals surface area contributed by atoms with Crippen molar-refractivity contribution in [1.82, 2.24) is 4.90 Å².